The summed E-state index contributed by atoms with van der Waals surface area (Å²) in [4.78, 5) is 10.4. The molecule has 0 aliphatic carbocycles. The SMILES string of the molecule is CC(C)(C)c1ccc2c(c1)oc1c2c(C(=Nc2ccccc2)c2ccccc2)cc2c(-c3ccccc3)c(-c3ccccc3)c3c(N4C=C(c5ccccc5)C=CC4)cc4oc5c(N(c6ccccc6)c6ccccc6)cccc5c4c3c21. The average molecular weight is 1070 g/mol. The number of benzene rings is 12. The normalized spacial score (nSPS) is 13.0. The predicted octanol–water partition coefficient (Wildman–Crippen LogP) is 21.5. The molecule has 0 N–H and O–H groups in total. The summed E-state index contributed by atoms with van der Waals surface area (Å²) in [5.41, 5.74) is 18.5. The second kappa shape index (κ2) is 20.2. The van der Waals surface area contributed by atoms with Crippen LogP contribution in [-0.4, -0.2) is 12.3 Å². The Kier molecular flexibility index (Phi) is 12.1. The maximum Gasteiger partial charge on any atom is 0.159 e. The molecule has 0 fully saturated rings. The molecular weight excluding hydrogens is 1010 g/mol. The smallest absolute Gasteiger partial charge is 0.159 e. The molecule has 14 aromatic rings. The Morgan fingerprint density at radius 1 is 0.458 bits per heavy atom. The van der Waals surface area contributed by atoms with Gasteiger partial charge in [0.25, 0.3) is 0 Å². The molecule has 5 heteroatoms. The molecule has 12 aromatic carbocycles. The van der Waals surface area contributed by atoms with Gasteiger partial charge in [0.15, 0.2) is 5.58 Å². The van der Waals surface area contributed by atoms with Crippen molar-refractivity contribution in [1.29, 1.82) is 0 Å². The van der Waals surface area contributed by atoms with E-state index < -0.39 is 0 Å². The van der Waals surface area contributed by atoms with Crippen molar-refractivity contribution >= 4 is 105 Å². The van der Waals surface area contributed by atoms with Gasteiger partial charge in [0.2, 0.25) is 0 Å². The summed E-state index contributed by atoms with van der Waals surface area (Å²) in [6, 6.07) is 93.0. The lowest BCUT2D eigenvalue weighted by Gasteiger charge is -2.28. The van der Waals surface area contributed by atoms with Crippen LogP contribution in [0.5, 0.6) is 0 Å². The summed E-state index contributed by atoms with van der Waals surface area (Å²) >= 11 is 0. The van der Waals surface area contributed by atoms with E-state index in [9.17, 15) is 0 Å². The van der Waals surface area contributed by atoms with Gasteiger partial charge in [-0.05, 0) is 98.8 Å². The highest BCUT2D eigenvalue weighted by Gasteiger charge is 2.32. The third-order valence-corrected chi connectivity index (χ3v) is 16.4. The van der Waals surface area contributed by atoms with Crippen LogP contribution >= 0.6 is 0 Å². The van der Waals surface area contributed by atoms with Crippen LogP contribution in [-0.2, 0) is 5.41 Å². The first-order chi connectivity index (χ1) is 40.8. The van der Waals surface area contributed by atoms with E-state index in [1.807, 2.05) is 6.07 Å². The predicted molar refractivity (Wildman–Crippen MR) is 349 cm³/mol. The molecule has 0 unspecified atom stereocenters. The van der Waals surface area contributed by atoms with Crippen LogP contribution in [0.4, 0.5) is 28.4 Å². The molecule has 83 heavy (non-hydrogen) atoms. The van der Waals surface area contributed by atoms with Gasteiger partial charge in [-0.3, -0.25) is 0 Å². The first-order valence-electron chi connectivity index (χ1n) is 28.6. The molecule has 0 saturated carbocycles. The number of hydrogen-bond donors (Lipinski definition) is 0. The zero-order chi connectivity index (χ0) is 55.6. The number of nitrogens with zero attached hydrogens (tertiary/aromatic N) is 3. The maximum atomic E-state index is 7.77. The lowest BCUT2D eigenvalue weighted by molar-refractivity contribution is 0.588. The fraction of sp³-hybridized carbons (Fsp3) is 0.0641. The van der Waals surface area contributed by atoms with Gasteiger partial charge < -0.3 is 18.6 Å². The van der Waals surface area contributed by atoms with Gasteiger partial charge in [-0.15, -0.1) is 0 Å². The highest BCUT2D eigenvalue weighted by atomic mass is 16.3. The van der Waals surface area contributed by atoms with Gasteiger partial charge >= 0.3 is 0 Å². The first kappa shape index (κ1) is 49.5. The molecule has 0 amide bonds. The van der Waals surface area contributed by atoms with Crippen LogP contribution in [0.2, 0.25) is 0 Å². The number of rotatable bonds is 10. The van der Waals surface area contributed by atoms with E-state index in [0.29, 0.717) is 6.54 Å². The third-order valence-electron chi connectivity index (χ3n) is 16.4. The van der Waals surface area contributed by atoms with Crippen molar-refractivity contribution in [2.75, 3.05) is 16.3 Å². The van der Waals surface area contributed by atoms with E-state index in [1.165, 1.54) is 5.56 Å². The second-order valence-electron chi connectivity index (χ2n) is 22.5. The van der Waals surface area contributed by atoms with Crippen molar-refractivity contribution < 1.29 is 8.83 Å². The highest BCUT2D eigenvalue weighted by Crippen LogP contribution is 2.56. The highest BCUT2D eigenvalue weighted by molar-refractivity contribution is 6.41. The van der Waals surface area contributed by atoms with E-state index in [2.05, 4.69) is 304 Å². The summed E-state index contributed by atoms with van der Waals surface area (Å²) in [5, 5.41) is 8.20. The number of para-hydroxylation sites is 4. The van der Waals surface area contributed by atoms with Crippen LogP contribution in [0, 0.1) is 0 Å². The second-order valence-corrected chi connectivity index (χ2v) is 22.5. The molecule has 0 bridgehead atoms. The molecule has 1 aliphatic heterocycles. The molecule has 0 spiro atoms. The number of anilines is 4. The summed E-state index contributed by atoms with van der Waals surface area (Å²) in [6.45, 7) is 7.44. The Morgan fingerprint density at radius 2 is 1.04 bits per heavy atom. The van der Waals surface area contributed by atoms with Crippen LogP contribution in [0.1, 0.15) is 43.0 Å². The summed E-state index contributed by atoms with van der Waals surface area (Å²) < 4.78 is 15.4. The molecule has 1 aliphatic rings. The van der Waals surface area contributed by atoms with Crippen molar-refractivity contribution in [1.82, 2.24) is 0 Å². The summed E-state index contributed by atoms with van der Waals surface area (Å²) in [7, 11) is 0. The van der Waals surface area contributed by atoms with Crippen molar-refractivity contribution in [2.24, 2.45) is 4.99 Å². The maximum absolute atomic E-state index is 7.77. The van der Waals surface area contributed by atoms with Gasteiger partial charge in [-0.1, -0.05) is 233 Å². The van der Waals surface area contributed by atoms with Gasteiger partial charge in [0, 0.05) is 84.6 Å². The van der Waals surface area contributed by atoms with E-state index in [4.69, 9.17) is 13.8 Å². The Hall–Kier alpha value is -10.5. The number of hydrogen-bond acceptors (Lipinski definition) is 5. The van der Waals surface area contributed by atoms with Crippen molar-refractivity contribution in [3.8, 4) is 22.3 Å². The van der Waals surface area contributed by atoms with E-state index in [1.54, 1.807) is 0 Å². The van der Waals surface area contributed by atoms with Gasteiger partial charge in [0.1, 0.15) is 16.7 Å². The topological polar surface area (TPSA) is 45.1 Å². The molecule has 15 rings (SSSR count). The summed E-state index contributed by atoms with van der Waals surface area (Å²) in [5.74, 6) is 0. The lowest BCUT2D eigenvalue weighted by Crippen LogP contribution is -2.19. The summed E-state index contributed by atoms with van der Waals surface area (Å²) in [6.07, 6.45) is 6.84. The van der Waals surface area contributed by atoms with Crippen LogP contribution in [0.15, 0.2) is 293 Å². The zero-order valence-corrected chi connectivity index (χ0v) is 46.4. The molecule has 2 aromatic heterocycles. The van der Waals surface area contributed by atoms with E-state index >= 15 is 0 Å². The van der Waals surface area contributed by atoms with Crippen molar-refractivity contribution in [3.05, 3.63) is 301 Å². The fourth-order valence-corrected chi connectivity index (χ4v) is 12.6. The van der Waals surface area contributed by atoms with E-state index in [0.717, 1.165) is 144 Å². The molecule has 3 heterocycles. The van der Waals surface area contributed by atoms with Crippen molar-refractivity contribution in [2.45, 2.75) is 26.2 Å². The van der Waals surface area contributed by atoms with Gasteiger partial charge in [-0.2, -0.15) is 0 Å². The molecule has 396 valence electrons. The third kappa shape index (κ3) is 8.59. The Balaban J connectivity index is 1.21. The molecule has 5 nitrogen and oxygen atoms in total. The standard InChI is InChI=1S/C78H57N3O2/c1-78(2,3)56-44-45-60-66(47-56)82-77-70(60)63(75(54-33-17-7-18-34-54)79-57-36-19-8-20-37-57)48-62-68(52-29-13-5-14-30-52)69(53-31-15-6-16-32-53)73-65(80-46-26-35-55(50-80)51-27-11-4-12-28-51)49-67-71(74(73)72(62)77)61-42-25-43-64(76(61)83-67)81(58-38-21-9-22-39-58)59-40-23-10-24-41-59/h4-45,47-50H,46H2,1-3H3. The number of allylic oxidation sites excluding steroid dienone is 2. The van der Waals surface area contributed by atoms with Crippen LogP contribution in [0.25, 0.3) is 93.2 Å². The Morgan fingerprint density at radius 3 is 1.67 bits per heavy atom. The number of fused-ring (bicyclic) bond motifs is 11. The zero-order valence-electron chi connectivity index (χ0n) is 46.4. The van der Waals surface area contributed by atoms with Gasteiger partial charge in [0.05, 0.1) is 22.8 Å². The minimum absolute atomic E-state index is 0.142. The molecule has 0 saturated heterocycles. The molecular formula is C78H57N3O2. The fourth-order valence-electron chi connectivity index (χ4n) is 12.6. The Labute approximate surface area is 482 Å². The Bertz CT molecular complexity index is 4830. The van der Waals surface area contributed by atoms with Crippen LogP contribution < -0.4 is 9.80 Å². The monoisotopic (exact) mass is 1070 g/mol. The minimum Gasteiger partial charge on any atom is -0.455 e. The first-order valence-corrected chi connectivity index (χ1v) is 28.6. The molecule has 0 radical (unpaired) electrons. The van der Waals surface area contributed by atoms with Crippen molar-refractivity contribution in [3.63, 3.8) is 0 Å². The number of furan rings is 2. The molecule has 0 atom stereocenters. The quantitative estimate of drug-likeness (QED) is 0.101. The van der Waals surface area contributed by atoms with E-state index in [-0.39, 0.29) is 5.41 Å². The average Bonchev–Trinajstić information content (AvgIpc) is 2.06. The van der Waals surface area contributed by atoms with Crippen LogP contribution in [0.3, 0.4) is 0 Å². The lowest BCUT2D eigenvalue weighted by atomic mass is 9.81. The number of aliphatic imine (C=N–C) groups is 1. The largest absolute Gasteiger partial charge is 0.455 e. The minimum atomic E-state index is -0.142. The van der Waals surface area contributed by atoms with Gasteiger partial charge in [-0.25, -0.2) is 4.99 Å².